The monoisotopic (exact) mass is 290 g/mol. The number of H-pyrrole nitrogens is 1. The van der Waals surface area contributed by atoms with Crippen LogP contribution >= 0.6 is 0 Å². The van der Waals surface area contributed by atoms with Gasteiger partial charge in [0.15, 0.2) is 0 Å². The summed E-state index contributed by atoms with van der Waals surface area (Å²) in [5, 5.41) is 1.45. The van der Waals surface area contributed by atoms with Crippen molar-refractivity contribution in [1.82, 2.24) is 9.88 Å². The second-order valence-electron chi connectivity index (χ2n) is 6.72. The molecule has 1 unspecified atom stereocenters. The molecule has 0 spiro atoms. The number of hydrogen-bond donors (Lipinski definition) is 1. The zero-order valence-electron chi connectivity index (χ0n) is 13.5. The number of rotatable bonds is 2. The lowest BCUT2D eigenvalue weighted by atomic mass is 9.84. The van der Waals surface area contributed by atoms with Gasteiger partial charge in [0.1, 0.15) is 0 Å². The van der Waals surface area contributed by atoms with E-state index in [1.807, 2.05) is 0 Å². The summed E-state index contributed by atoms with van der Waals surface area (Å²) >= 11 is 0. The van der Waals surface area contributed by atoms with E-state index in [1.54, 1.807) is 0 Å². The van der Waals surface area contributed by atoms with Crippen molar-refractivity contribution < 1.29 is 0 Å². The zero-order chi connectivity index (χ0) is 15.3. The molecular weight excluding hydrogens is 268 g/mol. The highest BCUT2D eigenvalue weighted by atomic mass is 15.1. The van der Waals surface area contributed by atoms with Crippen molar-refractivity contribution in [3.05, 3.63) is 59.3 Å². The lowest BCUT2D eigenvalue weighted by Gasteiger charge is -2.29. The Labute approximate surface area is 131 Å². The second-order valence-corrected chi connectivity index (χ2v) is 6.72. The van der Waals surface area contributed by atoms with E-state index in [2.05, 4.69) is 73.5 Å². The predicted octanol–water partition coefficient (Wildman–Crippen LogP) is 4.17. The molecule has 2 aromatic carbocycles. The van der Waals surface area contributed by atoms with Crippen molar-refractivity contribution in [2.45, 2.75) is 25.8 Å². The van der Waals surface area contributed by atoms with Gasteiger partial charge in [0.05, 0.1) is 0 Å². The summed E-state index contributed by atoms with van der Waals surface area (Å²) in [5.74, 6) is 0. The molecule has 0 radical (unpaired) electrons. The molecule has 0 saturated carbocycles. The molecule has 0 fully saturated rings. The number of aromatic nitrogens is 1. The van der Waals surface area contributed by atoms with E-state index in [-0.39, 0.29) is 0 Å². The summed E-state index contributed by atoms with van der Waals surface area (Å²) in [6.45, 7) is 2.14. The van der Waals surface area contributed by atoms with E-state index in [1.165, 1.54) is 38.7 Å². The van der Waals surface area contributed by atoms with Gasteiger partial charge in [0.25, 0.3) is 0 Å². The molecule has 1 heterocycles. The summed E-state index contributed by atoms with van der Waals surface area (Å²) in [5.41, 5.74) is 8.27. The normalized spacial score (nSPS) is 17.4. The maximum Gasteiger partial charge on any atom is 0.0460 e. The molecule has 3 aromatic rings. The van der Waals surface area contributed by atoms with Crippen LogP contribution in [0, 0.1) is 6.92 Å². The Morgan fingerprint density at radius 1 is 1.00 bits per heavy atom. The van der Waals surface area contributed by atoms with Crippen LogP contribution in [0.2, 0.25) is 0 Å². The molecule has 1 N–H and O–H groups in total. The molecule has 1 aliphatic rings. The van der Waals surface area contributed by atoms with E-state index in [4.69, 9.17) is 0 Å². The lowest BCUT2D eigenvalue weighted by Crippen LogP contribution is -2.34. The standard InChI is InChI=1S/C20H22N2/c1-13-4-6-14(7-5-13)17-8-9-19-20-15(12-21-19)10-16(22(2)3)11-18(17)20/h4-9,12,16,21H,10-11H2,1-3H3. The smallest absolute Gasteiger partial charge is 0.0460 e. The number of benzene rings is 2. The van der Waals surface area contributed by atoms with Crippen LogP contribution in [0.4, 0.5) is 0 Å². The summed E-state index contributed by atoms with van der Waals surface area (Å²) in [7, 11) is 4.38. The van der Waals surface area contributed by atoms with Gasteiger partial charge in [-0.15, -0.1) is 0 Å². The van der Waals surface area contributed by atoms with Crippen LogP contribution in [0.1, 0.15) is 16.7 Å². The Balaban J connectivity index is 1.93. The molecule has 0 saturated heterocycles. The molecule has 0 bridgehead atoms. The first kappa shape index (κ1) is 13.6. The van der Waals surface area contributed by atoms with Gasteiger partial charge in [-0.3, -0.25) is 0 Å². The van der Waals surface area contributed by atoms with Gasteiger partial charge in [-0.2, -0.15) is 0 Å². The predicted molar refractivity (Wildman–Crippen MR) is 93.4 cm³/mol. The Bertz CT molecular complexity index is 825. The largest absolute Gasteiger partial charge is 0.361 e. The molecular formula is C20H22N2. The maximum absolute atomic E-state index is 3.45. The molecule has 2 nitrogen and oxygen atoms in total. The van der Waals surface area contributed by atoms with Gasteiger partial charge in [-0.1, -0.05) is 35.9 Å². The van der Waals surface area contributed by atoms with Crippen LogP contribution in [0.3, 0.4) is 0 Å². The van der Waals surface area contributed by atoms with Gasteiger partial charge in [-0.25, -0.2) is 0 Å². The molecule has 112 valence electrons. The van der Waals surface area contributed by atoms with E-state index < -0.39 is 0 Å². The Morgan fingerprint density at radius 2 is 1.77 bits per heavy atom. The van der Waals surface area contributed by atoms with Crippen LogP contribution in [0.25, 0.3) is 22.0 Å². The fourth-order valence-electron chi connectivity index (χ4n) is 3.68. The van der Waals surface area contributed by atoms with Crippen LogP contribution in [-0.2, 0) is 12.8 Å². The van der Waals surface area contributed by atoms with Crippen molar-refractivity contribution in [1.29, 1.82) is 0 Å². The van der Waals surface area contributed by atoms with E-state index >= 15 is 0 Å². The Hall–Kier alpha value is -2.06. The first-order valence-corrected chi connectivity index (χ1v) is 7.99. The van der Waals surface area contributed by atoms with Crippen LogP contribution < -0.4 is 0 Å². The third-order valence-electron chi connectivity index (χ3n) is 5.02. The quantitative estimate of drug-likeness (QED) is 0.750. The van der Waals surface area contributed by atoms with E-state index in [9.17, 15) is 0 Å². The van der Waals surface area contributed by atoms with Crippen LogP contribution in [0.5, 0.6) is 0 Å². The minimum absolute atomic E-state index is 0.582. The van der Waals surface area contributed by atoms with Crippen LogP contribution in [-0.4, -0.2) is 30.0 Å². The molecule has 22 heavy (non-hydrogen) atoms. The number of nitrogens with zero attached hydrogens (tertiary/aromatic N) is 1. The topological polar surface area (TPSA) is 19.0 Å². The number of aryl methyl sites for hydroxylation is 1. The first-order chi connectivity index (χ1) is 10.6. The highest BCUT2D eigenvalue weighted by Gasteiger charge is 2.25. The van der Waals surface area contributed by atoms with Crippen molar-refractivity contribution in [3.63, 3.8) is 0 Å². The second kappa shape index (κ2) is 4.99. The molecule has 0 amide bonds. The third kappa shape index (κ3) is 2.06. The number of aromatic amines is 1. The highest BCUT2D eigenvalue weighted by Crippen LogP contribution is 2.37. The summed E-state index contributed by atoms with van der Waals surface area (Å²) in [6, 6.07) is 14.0. The summed E-state index contributed by atoms with van der Waals surface area (Å²) in [6.07, 6.45) is 4.46. The zero-order valence-corrected chi connectivity index (χ0v) is 13.5. The van der Waals surface area contributed by atoms with Gasteiger partial charge in [0, 0.05) is 23.1 Å². The van der Waals surface area contributed by atoms with Gasteiger partial charge in [-0.05, 0) is 62.2 Å². The minimum Gasteiger partial charge on any atom is -0.361 e. The van der Waals surface area contributed by atoms with Gasteiger partial charge in [0.2, 0.25) is 0 Å². The van der Waals surface area contributed by atoms with Gasteiger partial charge < -0.3 is 9.88 Å². The average molecular weight is 290 g/mol. The fourth-order valence-corrected chi connectivity index (χ4v) is 3.68. The van der Waals surface area contributed by atoms with Gasteiger partial charge >= 0.3 is 0 Å². The SMILES string of the molecule is Cc1ccc(-c2ccc3[nH]cc4c3c2CC(N(C)C)C4)cc1. The fraction of sp³-hybridized carbons (Fsp3) is 0.300. The lowest BCUT2D eigenvalue weighted by molar-refractivity contribution is 0.288. The molecule has 0 aliphatic heterocycles. The summed E-state index contributed by atoms with van der Waals surface area (Å²) < 4.78 is 0. The van der Waals surface area contributed by atoms with Crippen molar-refractivity contribution in [2.75, 3.05) is 14.1 Å². The first-order valence-electron chi connectivity index (χ1n) is 7.99. The molecule has 1 aliphatic carbocycles. The third-order valence-corrected chi connectivity index (χ3v) is 5.02. The highest BCUT2D eigenvalue weighted by molar-refractivity contribution is 5.93. The maximum atomic E-state index is 3.45. The molecule has 1 aromatic heterocycles. The minimum atomic E-state index is 0.582. The Kier molecular flexibility index (Phi) is 3.08. The van der Waals surface area contributed by atoms with Crippen molar-refractivity contribution in [3.8, 4) is 11.1 Å². The van der Waals surface area contributed by atoms with Crippen molar-refractivity contribution >= 4 is 10.9 Å². The molecule has 1 atom stereocenters. The summed E-state index contributed by atoms with van der Waals surface area (Å²) in [4.78, 5) is 5.80. The average Bonchev–Trinajstić information content (AvgIpc) is 2.93. The number of hydrogen-bond acceptors (Lipinski definition) is 1. The number of likely N-dealkylation sites (N-methyl/N-ethyl adjacent to an activating group) is 1. The van der Waals surface area contributed by atoms with E-state index in [0.29, 0.717) is 6.04 Å². The van der Waals surface area contributed by atoms with Crippen LogP contribution in [0.15, 0.2) is 42.6 Å². The van der Waals surface area contributed by atoms with E-state index in [0.717, 1.165) is 12.8 Å². The molecule has 4 rings (SSSR count). The van der Waals surface area contributed by atoms with Crippen molar-refractivity contribution in [2.24, 2.45) is 0 Å². The Morgan fingerprint density at radius 3 is 2.50 bits per heavy atom. The number of nitrogens with one attached hydrogen (secondary N) is 1. The molecule has 2 heteroatoms.